The summed E-state index contributed by atoms with van der Waals surface area (Å²) in [7, 11) is 0. The molecule has 0 fully saturated rings. The predicted octanol–water partition coefficient (Wildman–Crippen LogP) is 2.81. The van der Waals surface area contributed by atoms with Gasteiger partial charge in [0.2, 0.25) is 0 Å². The second kappa shape index (κ2) is 10.8. The Morgan fingerprint density at radius 2 is 1.53 bits per heavy atom. The molecule has 0 aliphatic carbocycles. The molecule has 0 saturated heterocycles. The molecular formula is C16H29N3. The fourth-order valence-electron chi connectivity index (χ4n) is 2.43. The number of nitrogens with two attached hydrogens (primary N) is 2. The molecule has 0 radical (unpaired) electrons. The van der Waals surface area contributed by atoms with E-state index in [-0.39, 0.29) is 0 Å². The highest BCUT2D eigenvalue weighted by Gasteiger charge is 2.13. The van der Waals surface area contributed by atoms with Crippen LogP contribution in [0.2, 0.25) is 0 Å². The van der Waals surface area contributed by atoms with Gasteiger partial charge in [0.15, 0.2) is 0 Å². The standard InChI is InChI=1S/C16H29N3/c17-12-6-1-3-9-15(10-5-7-13-18)16-11-4-2-8-14-19-16/h2,4,8,11,14-15,19H,1,3,5-7,9-10,12-13,17-18H2. The molecule has 1 aliphatic rings. The van der Waals surface area contributed by atoms with Gasteiger partial charge in [-0.1, -0.05) is 31.4 Å². The molecule has 19 heavy (non-hydrogen) atoms. The smallest absolute Gasteiger partial charge is 0.0178 e. The largest absolute Gasteiger partial charge is 0.365 e. The Bertz CT molecular complexity index is 305. The van der Waals surface area contributed by atoms with Gasteiger partial charge in [0.1, 0.15) is 0 Å². The maximum atomic E-state index is 5.59. The van der Waals surface area contributed by atoms with E-state index in [1.807, 2.05) is 12.3 Å². The van der Waals surface area contributed by atoms with Gasteiger partial charge in [-0.25, -0.2) is 0 Å². The highest BCUT2D eigenvalue weighted by atomic mass is 14.9. The molecule has 1 rings (SSSR count). The van der Waals surface area contributed by atoms with E-state index in [2.05, 4.69) is 23.5 Å². The molecule has 1 unspecified atom stereocenters. The molecule has 5 N–H and O–H groups in total. The first kappa shape index (κ1) is 16.0. The van der Waals surface area contributed by atoms with E-state index in [4.69, 9.17) is 11.5 Å². The van der Waals surface area contributed by atoms with Crippen LogP contribution in [0.3, 0.4) is 0 Å². The Balaban J connectivity index is 2.45. The predicted molar refractivity (Wildman–Crippen MR) is 83.4 cm³/mol. The Morgan fingerprint density at radius 1 is 0.842 bits per heavy atom. The minimum absolute atomic E-state index is 0.622. The van der Waals surface area contributed by atoms with Gasteiger partial charge >= 0.3 is 0 Å². The minimum Gasteiger partial charge on any atom is -0.365 e. The molecule has 3 heteroatoms. The first-order valence-electron chi connectivity index (χ1n) is 7.58. The van der Waals surface area contributed by atoms with Gasteiger partial charge in [-0.2, -0.15) is 0 Å². The molecule has 0 aromatic rings. The Labute approximate surface area is 117 Å². The SMILES string of the molecule is NCCCCCC(CCCCN)C1=CC=CC=CN1. The second-order valence-electron chi connectivity index (χ2n) is 5.13. The third-order valence-electron chi connectivity index (χ3n) is 3.55. The van der Waals surface area contributed by atoms with Gasteiger partial charge in [-0.15, -0.1) is 0 Å². The highest BCUT2D eigenvalue weighted by molar-refractivity contribution is 5.22. The maximum Gasteiger partial charge on any atom is 0.0178 e. The lowest BCUT2D eigenvalue weighted by Gasteiger charge is -2.20. The number of rotatable bonds is 10. The monoisotopic (exact) mass is 263 g/mol. The molecule has 0 bridgehead atoms. The van der Waals surface area contributed by atoms with Crippen molar-refractivity contribution >= 4 is 0 Å². The first-order valence-corrected chi connectivity index (χ1v) is 7.58. The summed E-state index contributed by atoms with van der Waals surface area (Å²) in [4.78, 5) is 0. The van der Waals surface area contributed by atoms with Crippen molar-refractivity contribution in [1.82, 2.24) is 5.32 Å². The van der Waals surface area contributed by atoms with Crippen molar-refractivity contribution in [2.45, 2.75) is 44.9 Å². The van der Waals surface area contributed by atoms with Gasteiger partial charge in [0.05, 0.1) is 0 Å². The summed E-state index contributed by atoms with van der Waals surface area (Å²) in [5.41, 5.74) is 12.5. The Kier molecular flexibility index (Phi) is 9.11. The third-order valence-corrected chi connectivity index (χ3v) is 3.55. The van der Waals surface area contributed by atoms with Crippen molar-refractivity contribution in [2.24, 2.45) is 17.4 Å². The van der Waals surface area contributed by atoms with E-state index >= 15 is 0 Å². The quantitative estimate of drug-likeness (QED) is 0.531. The summed E-state index contributed by atoms with van der Waals surface area (Å²) in [5, 5.41) is 3.41. The summed E-state index contributed by atoms with van der Waals surface area (Å²) in [6, 6.07) is 0. The van der Waals surface area contributed by atoms with Crippen LogP contribution in [-0.2, 0) is 0 Å². The second-order valence-corrected chi connectivity index (χ2v) is 5.13. The van der Waals surface area contributed by atoms with Crippen LogP contribution in [0.5, 0.6) is 0 Å². The van der Waals surface area contributed by atoms with Crippen LogP contribution in [0.4, 0.5) is 0 Å². The normalized spacial score (nSPS) is 15.8. The zero-order valence-electron chi connectivity index (χ0n) is 12.0. The molecule has 0 aromatic heterocycles. The van der Waals surface area contributed by atoms with Crippen molar-refractivity contribution in [3.05, 3.63) is 36.2 Å². The van der Waals surface area contributed by atoms with E-state index in [9.17, 15) is 0 Å². The van der Waals surface area contributed by atoms with E-state index in [0.29, 0.717) is 5.92 Å². The van der Waals surface area contributed by atoms with Gasteiger partial charge in [0, 0.05) is 11.9 Å². The minimum atomic E-state index is 0.622. The molecule has 1 heterocycles. The zero-order chi connectivity index (χ0) is 13.8. The molecule has 1 aliphatic heterocycles. The van der Waals surface area contributed by atoms with Crippen molar-refractivity contribution in [3.8, 4) is 0 Å². The number of hydrogen-bond donors (Lipinski definition) is 3. The summed E-state index contributed by atoms with van der Waals surface area (Å²) >= 11 is 0. The molecule has 3 nitrogen and oxygen atoms in total. The summed E-state index contributed by atoms with van der Waals surface area (Å²) in [6.45, 7) is 1.61. The molecule has 0 amide bonds. The van der Waals surface area contributed by atoms with Gasteiger partial charge in [-0.3, -0.25) is 0 Å². The van der Waals surface area contributed by atoms with Crippen LogP contribution in [0.15, 0.2) is 36.2 Å². The van der Waals surface area contributed by atoms with E-state index < -0.39 is 0 Å². The lowest BCUT2D eigenvalue weighted by atomic mass is 9.92. The van der Waals surface area contributed by atoms with Gasteiger partial charge in [0.25, 0.3) is 0 Å². The topological polar surface area (TPSA) is 64.1 Å². The molecule has 0 spiro atoms. The average molecular weight is 263 g/mol. The van der Waals surface area contributed by atoms with Gasteiger partial charge < -0.3 is 16.8 Å². The zero-order valence-corrected chi connectivity index (χ0v) is 12.0. The molecule has 1 atom stereocenters. The van der Waals surface area contributed by atoms with Crippen LogP contribution in [0.1, 0.15) is 44.9 Å². The van der Waals surface area contributed by atoms with Gasteiger partial charge in [-0.05, 0) is 56.8 Å². The number of nitrogens with one attached hydrogen (secondary N) is 1. The van der Waals surface area contributed by atoms with Crippen LogP contribution >= 0.6 is 0 Å². The Morgan fingerprint density at radius 3 is 2.26 bits per heavy atom. The van der Waals surface area contributed by atoms with Crippen molar-refractivity contribution in [2.75, 3.05) is 13.1 Å². The fraction of sp³-hybridized carbons (Fsp3) is 0.625. The van der Waals surface area contributed by atoms with Crippen LogP contribution in [-0.4, -0.2) is 13.1 Å². The number of unbranched alkanes of at least 4 members (excludes halogenated alkanes) is 3. The number of hydrogen-bond acceptors (Lipinski definition) is 3. The van der Waals surface area contributed by atoms with Crippen molar-refractivity contribution < 1.29 is 0 Å². The third kappa shape index (κ3) is 7.19. The summed E-state index contributed by atoms with van der Waals surface area (Å²) in [5.74, 6) is 0.622. The first-order chi connectivity index (χ1) is 9.38. The number of allylic oxidation sites excluding steroid dienone is 5. The van der Waals surface area contributed by atoms with Crippen LogP contribution in [0.25, 0.3) is 0 Å². The summed E-state index contributed by atoms with van der Waals surface area (Å²) in [6.07, 6.45) is 18.9. The fourth-order valence-corrected chi connectivity index (χ4v) is 2.43. The van der Waals surface area contributed by atoms with E-state index in [0.717, 1.165) is 25.9 Å². The Hall–Kier alpha value is -1.06. The maximum absolute atomic E-state index is 5.59. The van der Waals surface area contributed by atoms with Crippen LogP contribution in [0, 0.1) is 5.92 Å². The molecule has 0 saturated carbocycles. The lowest BCUT2D eigenvalue weighted by Crippen LogP contribution is -2.16. The average Bonchev–Trinajstić information content (AvgIpc) is 2.70. The lowest BCUT2D eigenvalue weighted by molar-refractivity contribution is 0.450. The van der Waals surface area contributed by atoms with Crippen LogP contribution < -0.4 is 16.8 Å². The highest BCUT2D eigenvalue weighted by Crippen LogP contribution is 2.23. The van der Waals surface area contributed by atoms with Crippen molar-refractivity contribution in [3.63, 3.8) is 0 Å². The molecular weight excluding hydrogens is 234 g/mol. The van der Waals surface area contributed by atoms with Crippen molar-refractivity contribution in [1.29, 1.82) is 0 Å². The summed E-state index contributed by atoms with van der Waals surface area (Å²) < 4.78 is 0. The molecule has 0 aromatic carbocycles. The van der Waals surface area contributed by atoms with E-state index in [1.165, 1.54) is 37.8 Å². The van der Waals surface area contributed by atoms with E-state index in [1.54, 1.807) is 0 Å². The molecule has 108 valence electrons.